The van der Waals surface area contributed by atoms with E-state index in [4.69, 9.17) is 14.7 Å². The largest absolute Gasteiger partial charge is 0.490 e. The van der Waals surface area contributed by atoms with Gasteiger partial charge in [-0.1, -0.05) is 0 Å². The van der Waals surface area contributed by atoms with Gasteiger partial charge in [-0.05, 0) is 24.6 Å². The van der Waals surface area contributed by atoms with E-state index in [1.807, 2.05) is 18.2 Å². The molecule has 0 bridgehead atoms. The third-order valence-electron chi connectivity index (χ3n) is 4.79. The van der Waals surface area contributed by atoms with Crippen LogP contribution < -0.4 is 4.90 Å². The number of carbonyl (C=O) groups excluding carboxylic acids is 1. The monoisotopic (exact) mass is 454 g/mol. The van der Waals surface area contributed by atoms with E-state index < -0.39 is 18.2 Å². The number of hydroxylamine groups is 2. The Labute approximate surface area is 177 Å². The van der Waals surface area contributed by atoms with Gasteiger partial charge in [0.1, 0.15) is 12.1 Å². The number of anilines is 1. The highest BCUT2D eigenvalue weighted by Crippen LogP contribution is 2.26. The molecule has 32 heavy (non-hydrogen) atoms. The van der Waals surface area contributed by atoms with E-state index in [1.165, 1.54) is 5.06 Å². The average molecular weight is 454 g/mol. The lowest BCUT2D eigenvalue weighted by Gasteiger charge is -2.34. The second-order valence-corrected chi connectivity index (χ2v) is 6.92. The first-order chi connectivity index (χ1) is 15.2. The summed E-state index contributed by atoms with van der Waals surface area (Å²) in [5.74, 6) is -2.06. The van der Waals surface area contributed by atoms with Crippen molar-refractivity contribution in [3.8, 4) is 0 Å². The zero-order valence-corrected chi connectivity index (χ0v) is 16.4. The lowest BCUT2D eigenvalue weighted by molar-refractivity contribution is -0.192. The molecule has 1 unspecified atom stereocenters. The zero-order valence-electron chi connectivity index (χ0n) is 16.4. The number of carboxylic acids is 1. The summed E-state index contributed by atoms with van der Waals surface area (Å²) in [7, 11) is 0. The highest BCUT2D eigenvalue weighted by atomic mass is 19.4. The predicted octanol–water partition coefficient (Wildman–Crippen LogP) is 0.679. The molecule has 0 saturated carbocycles. The van der Waals surface area contributed by atoms with Crippen molar-refractivity contribution >= 4 is 23.3 Å². The summed E-state index contributed by atoms with van der Waals surface area (Å²) in [5.41, 5.74) is 1.65. The number of aromatic nitrogens is 6. The molecule has 15 heteroatoms. The van der Waals surface area contributed by atoms with E-state index >= 15 is 0 Å². The Hall–Kier alpha value is -3.75. The van der Waals surface area contributed by atoms with Crippen LogP contribution in [0, 0.1) is 0 Å². The molecule has 2 aliphatic rings. The molecule has 0 aromatic carbocycles. The summed E-state index contributed by atoms with van der Waals surface area (Å²) >= 11 is 0. The van der Waals surface area contributed by atoms with Crippen molar-refractivity contribution in [1.29, 1.82) is 0 Å². The fraction of sp³-hybridized carbons (Fsp3) is 0.412. The van der Waals surface area contributed by atoms with Gasteiger partial charge in [0.2, 0.25) is 0 Å². The third kappa shape index (κ3) is 4.32. The van der Waals surface area contributed by atoms with Crippen LogP contribution in [0.5, 0.6) is 0 Å². The van der Waals surface area contributed by atoms with Gasteiger partial charge >= 0.3 is 12.1 Å². The highest BCUT2D eigenvalue weighted by molar-refractivity contribution is 5.80. The van der Waals surface area contributed by atoms with Crippen molar-refractivity contribution in [2.24, 2.45) is 0 Å². The molecule has 1 N–H and O–H groups in total. The van der Waals surface area contributed by atoms with Crippen LogP contribution in [0.2, 0.25) is 0 Å². The van der Waals surface area contributed by atoms with E-state index in [2.05, 4.69) is 25.3 Å². The summed E-state index contributed by atoms with van der Waals surface area (Å²) < 4.78 is 35.2. The molecule has 1 atom stereocenters. The molecule has 3 aromatic heterocycles. The number of halogens is 3. The first kappa shape index (κ1) is 21.5. The van der Waals surface area contributed by atoms with Crippen molar-refractivity contribution in [3.05, 3.63) is 36.4 Å². The van der Waals surface area contributed by atoms with Crippen molar-refractivity contribution in [3.63, 3.8) is 0 Å². The Kier molecular flexibility index (Phi) is 5.65. The summed E-state index contributed by atoms with van der Waals surface area (Å²) in [6.07, 6.45) is -0.936. The fourth-order valence-corrected chi connectivity index (χ4v) is 3.33. The molecule has 2 aliphatic heterocycles. The van der Waals surface area contributed by atoms with Gasteiger partial charge in [0.05, 0.1) is 31.9 Å². The average Bonchev–Trinajstić information content (AvgIpc) is 3.53. The SMILES string of the molecule is O=C(C1CN(c2ccc3nncn3n2)Cc2ccnn21)N1CCCO1.O=C(O)C(F)(F)F. The van der Waals surface area contributed by atoms with Crippen LogP contribution in [-0.4, -0.2) is 77.5 Å². The maximum atomic E-state index is 12.9. The van der Waals surface area contributed by atoms with Crippen molar-refractivity contribution in [2.75, 3.05) is 24.6 Å². The first-order valence-corrected chi connectivity index (χ1v) is 9.43. The van der Waals surface area contributed by atoms with Crippen LogP contribution >= 0.6 is 0 Å². The van der Waals surface area contributed by atoms with Crippen molar-refractivity contribution < 1.29 is 32.7 Å². The molecular formula is C17H17F3N8O4. The Morgan fingerprint density at radius 1 is 1.22 bits per heavy atom. The molecule has 5 rings (SSSR count). The lowest BCUT2D eigenvalue weighted by Crippen LogP contribution is -2.46. The molecule has 0 aliphatic carbocycles. The van der Waals surface area contributed by atoms with E-state index in [-0.39, 0.29) is 5.91 Å². The molecule has 1 amide bonds. The minimum atomic E-state index is -5.08. The number of rotatable bonds is 2. The third-order valence-corrected chi connectivity index (χ3v) is 4.79. The van der Waals surface area contributed by atoms with Gasteiger partial charge in [0.25, 0.3) is 5.91 Å². The zero-order chi connectivity index (χ0) is 22.9. The standard InChI is InChI=1S/C15H16N8O2.C2HF3O2/c24-15(22-6-1-7-25-22)12-9-20(8-11-4-5-17-23(11)12)14-3-2-13-18-16-10-21(13)19-14;3-2(4,5)1(6)7/h2-5,10,12H,1,6-9H2;(H,6,7). The van der Waals surface area contributed by atoms with Crippen molar-refractivity contribution in [1.82, 2.24) is 34.7 Å². The topological polar surface area (TPSA) is 131 Å². The highest BCUT2D eigenvalue weighted by Gasteiger charge is 2.38. The first-order valence-electron chi connectivity index (χ1n) is 9.43. The smallest absolute Gasteiger partial charge is 0.475 e. The minimum Gasteiger partial charge on any atom is -0.475 e. The maximum Gasteiger partial charge on any atom is 0.490 e. The number of carboxylic acid groups (broad SMARTS) is 1. The van der Waals surface area contributed by atoms with Crippen LogP contribution in [0.25, 0.3) is 5.65 Å². The normalized spacial score (nSPS) is 18.3. The van der Waals surface area contributed by atoms with E-state index in [0.717, 1.165) is 17.9 Å². The molecule has 1 saturated heterocycles. The van der Waals surface area contributed by atoms with Crippen LogP contribution in [0.3, 0.4) is 0 Å². The van der Waals surface area contributed by atoms with Gasteiger partial charge in [-0.3, -0.25) is 14.3 Å². The second kappa shape index (κ2) is 8.41. The Balaban J connectivity index is 0.000000307. The van der Waals surface area contributed by atoms with Crippen LogP contribution in [0.4, 0.5) is 19.0 Å². The second-order valence-electron chi connectivity index (χ2n) is 6.92. The minimum absolute atomic E-state index is 0.0717. The van der Waals surface area contributed by atoms with Crippen LogP contribution in [-0.2, 0) is 21.0 Å². The van der Waals surface area contributed by atoms with Crippen LogP contribution in [0.1, 0.15) is 18.2 Å². The van der Waals surface area contributed by atoms with Gasteiger partial charge in [0.15, 0.2) is 11.7 Å². The van der Waals surface area contributed by atoms with E-state index in [1.54, 1.807) is 21.7 Å². The molecule has 170 valence electrons. The van der Waals surface area contributed by atoms with Crippen molar-refractivity contribution in [2.45, 2.75) is 25.2 Å². The Bertz CT molecular complexity index is 1120. The maximum absolute atomic E-state index is 12.9. The summed E-state index contributed by atoms with van der Waals surface area (Å²) in [4.78, 5) is 29.3. The number of fused-ring (bicyclic) bond motifs is 2. The number of hydrogen-bond donors (Lipinski definition) is 1. The fourth-order valence-electron chi connectivity index (χ4n) is 3.33. The molecule has 3 aromatic rings. The van der Waals surface area contributed by atoms with Gasteiger partial charge in [-0.25, -0.2) is 9.86 Å². The molecule has 0 spiro atoms. The molecule has 5 heterocycles. The quantitative estimate of drug-likeness (QED) is 0.594. The number of aliphatic carboxylic acids is 1. The summed E-state index contributed by atoms with van der Waals surface area (Å²) in [6, 6.07) is 5.25. The molecule has 0 radical (unpaired) electrons. The van der Waals surface area contributed by atoms with E-state index in [0.29, 0.717) is 31.9 Å². The lowest BCUT2D eigenvalue weighted by atomic mass is 10.1. The Morgan fingerprint density at radius 2 is 2.00 bits per heavy atom. The number of carbonyl (C=O) groups is 2. The van der Waals surface area contributed by atoms with Gasteiger partial charge < -0.3 is 10.0 Å². The molecule has 12 nitrogen and oxygen atoms in total. The van der Waals surface area contributed by atoms with Gasteiger partial charge in [-0.2, -0.15) is 22.8 Å². The molecule has 1 fully saturated rings. The van der Waals surface area contributed by atoms with Crippen LogP contribution in [0.15, 0.2) is 30.7 Å². The van der Waals surface area contributed by atoms with Gasteiger partial charge in [-0.15, -0.1) is 15.3 Å². The van der Waals surface area contributed by atoms with Gasteiger partial charge in [0, 0.05) is 6.20 Å². The number of hydrogen-bond acceptors (Lipinski definition) is 8. The summed E-state index contributed by atoms with van der Waals surface area (Å²) in [6.45, 7) is 2.32. The number of nitrogens with zero attached hydrogens (tertiary/aromatic N) is 8. The number of amides is 1. The number of alkyl halides is 3. The predicted molar refractivity (Wildman–Crippen MR) is 99.1 cm³/mol. The Morgan fingerprint density at radius 3 is 2.69 bits per heavy atom. The molecular weight excluding hydrogens is 437 g/mol. The van der Waals surface area contributed by atoms with E-state index in [9.17, 15) is 18.0 Å². The summed E-state index contributed by atoms with van der Waals surface area (Å²) in [5, 5.41) is 25.3.